The van der Waals surface area contributed by atoms with E-state index in [0.29, 0.717) is 22.6 Å². The molecule has 2 aromatic rings. The van der Waals surface area contributed by atoms with E-state index in [1.807, 2.05) is 13.8 Å². The summed E-state index contributed by atoms with van der Waals surface area (Å²) >= 11 is 0. The molecule has 2 rings (SSSR count). The van der Waals surface area contributed by atoms with Gasteiger partial charge in [0.25, 0.3) is 5.56 Å². The number of rotatable bonds is 3. The zero-order chi connectivity index (χ0) is 14.9. The Labute approximate surface area is 116 Å². The minimum atomic E-state index is -0.450. The average molecular weight is 276 g/mol. The zero-order valence-electron chi connectivity index (χ0n) is 12.0. The molecule has 1 N–H and O–H groups in total. The molecular weight excluding hydrogens is 259 g/mol. The highest BCUT2D eigenvalue weighted by molar-refractivity contribution is 5.58. The summed E-state index contributed by atoms with van der Waals surface area (Å²) < 4.78 is 18.3. The Hall–Kier alpha value is -2.17. The third-order valence-corrected chi connectivity index (χ3v) is 3.15. The highest BCUT2D eigenvalue weighted by Gasteiger charge is 2.13. The minimum absolute atomic E-state index is 0.100. The molecule has 0 saturated carbocycles. The lowest BCUT2D eigenvalue weighted by Gasteiger charge is -2.10. The first-order valence-electron chi connectivity index (χ1n) is 6.38. The Morgan fingerprint density at radius 2 is 2.05 bits per heavy atom. The first-order chi connectivity index (χ1) is 9.43. The number of aryl methyl sites for hydroxylation is 1. The number of benzene rings is 1. The van der Waals surface area contributed by atoms with Gasteiger partial charge in [0.05, 0.1) is 7.11 Å². The average Bonchev–Trinajstić information content (AvgIpc) is 2.37. The molecule has 0 atom stereocenters. The summed E-state index contributed by atoms with van der Waals surface area (Å²) in [6.45, 7) is 5.69. The number of aromatic nitrogens is 2. The summed E-state index contributed by atoms with van der Waals surface area (Å²) in [6.07, 6.45) is 0. The van der Waals surface area contributed by atoms with Crippen molar-refractivity contribution in [3.05, 3.63) is 45.6 Å². The summed E-state index contributed by atoms with van der Waals surface area (Å²) in [5.74, 6) is 0.183. The van der Waals surface area contributed by atoms with Crippen molar-refractivity contribution in [1.82, 2.24) is 9.97 Å². The van der Waals surface area contributed by atoms with Gasteiger partial charge in [-0.25, -0.2) is 9.37 Å². The van der Waals surface area contributed by atoms with Crippen LogP contribution in [0.5, 0.6) is 5.75 Å². The summed E-state index contributed by atoms with van der Waals surface area (Å²) in [5, 5.41) is 0. The monoisotopic (exact) mass is 276 g/mol. The van der Waals surface area contributed by atoms with Gasteiger partial charge in [0.15, 0.2) is 11.6 Å². The molecule has 20 heavy (non-hydrogen) atoms. The number of ether oxygens (including phenoxy) is 1. The van der Waals surface area contributed by atoms with Crippen molar-refractivity contribution in [3.63, 3.8) is 0 Å². The molecule has 1 aromatic heterocycles. The van der Waals surface area contributed by atoms with E-state index in [1.165, 1.54) is 19.2 Å². The van der Waals surface area contributed by atoms with Crippen LogP contribution in [0.15, 0.2) is 23.0 Å². The van der Waals surface area contributed by atoms with Gasteiger partial charge in [0.1, 0.15) is 5.82 Å². The topological polar surface area (TPSA) is 55.0 Å². The Balaban J connectivity index is 2.57. The fourth-order valence-electron chi connectivity index (χ4n) is 2.22. The maximum Gasteiger partial charge on any atom is 0.254 e. The van der Waals surface area contributed by atoms with Crippen molar-refractivity contribution in [1.29, 1.82) is 0 Å². The summed E-state index contributed by atoms with van der Waals surface area (Å²) in [4.78, 5) is 19.2. The molecule has 4 nitrogen and oxygen atoms in total. The number of halogens is 1. The molecule has 0 aliphatic rings. The third-order valence-electron chi connectivity index (χ3n) is 3.15. The number of methoxy groups -OCH3 is 1. The van der Waals surface area contributed by atoms with Crippen LogP contribution < -0.4 is 10.3 Å². The molecule has 0 unspecified atom stereocenters. The number of hydrogen-bond acceptors (Lipinski definition) is 3. The van der Waals surface area contributed by atoms with E-state index in [1.54, 1.807) is 13.0 Å². The summed E-state index contributed by atoms with van der Waals surface area (Å²) in [7, 11) is 1.39. The van der Waals surface area contributed by atoms with E-state index in [4.69, 9.17) is 4.74 Å². The van der Waals surface area contributed by atoms with Crippen LogP contribution in [0.1, 0.15) is 31.0 Å². The number of aromatic amines is 1. The van der Waals surface area contributed by atoms with Gasteiger partial charge < -0.3 is 9.72 Å². The Bertz CT molecular complexity index is 693. The van der Waals surface area contributed by atoms with Crippen molar-refractivity contribution >= 4 is 0 Å². The second-order valence-electron chi connectivity index (χ2n) is 4.92. The highest BCUT2D eigenvalue weighted by Crippen LogP contribution is 2.24. The molecule has 0 saturated heterocycles. The van der Waals surface area contributed by atoms with Crippen LogP contribution >= 0.6 is 0 Å². The van der Waals surface area contributed by atoms with Gasteiger partial charge >= 0.3 is 0 Å². The minimum Gasteiger partial charge on any atom is -0.494 e. The number of hydrogen-bond donors (Lipinski definition) is 1. The van der Waals surface area contributed by atoms with Gasteiger partial charge in [0, 0.05) is 16.8 Å². The molecular formula is C15H17FN2O2. The highest BCUT2D eigenvalue weighted by atomic mass is 19.1. The van der Waals surface area contributed by atoms with Crippen LogP contribution in [-0.2, 0) is 0 Å². The maximum atomic E-state index is 13.4. The molecule has 0 bridgehead atoms. The van der Waals surface area contributed by atoms with Crippen molar-refractivity contribution in [2.24, 2.45) is 0 Å². The molecule has 0 radical (unpaired) electrons. The SMILES string of the molecule is COc1cc(-c2nc(C)c(C(C)C)c(=O)[nH]2)ccc1F. The van der Waals surface area contributed by atoms with Gasteiger partial charge in [-0.1, -0.05) is 13.8 Å². The van der Waals surface area contributed by atoms with Crippen LogP contribution in [0.2, 0.25) is 0 Å². The Morgan fingerprint density at radius 3 is 2.60 bits per heavy atom. The van der Waals surface area contributed by atoms with Gasteiger partial charge in [-0.2, -0.15) is 0 Å². The fraction of sp³-hybridized carbons (Fsp3) is 0.333. The van der Waals surface area contributed by atoms with Gasteiger partial charge in [-0.3, -0.25) is 4.79 Å². The lowest BCUT2D eigenvalue weighted by Crippen LogP contribution is -2.18. The Morgan fingerprint density at radius 1 is 1.35 bits per heavy atom. The van der Waals surface area contributed by atoms with Crippen molar-refractivity contribution in [2.45, 2.75) is 26.7 Å². The van der Waals surface area contributed by atoms with E-state index >= 15 is 0 Å². The van der Waals surface area contributed by atoms with Crippen molar-refractivity contribution in [2.75, 3.05) is 7.11 Å². The van der Waals surface area contributed by atoms with Crippen molar-refractivity contribution in [3.8, 4) is 17.1 Å². The molecule has 0 spiro atoms. The number of H-pyrrole nitrogens is 1. The van der Waals surface area contributed by atoms with E-state index in [0.717, 1.165) is 0 Å². The molecule has 0 aliphatic carbocycles. The summed E-state index contributed by atoms with van der Waals surface area (Å²) in [6, 6.07) is 4.37. The molecule has 1 heterocycles. The first kappa shape index (κ1) is 14.2. The Kier molecular flexibility index (Phi) is 3.88. The van der Waals surface area contributed by atoms with Crippen LogP contribution in [-0.4, -0.2) is 17.1 Å². The van der Waals surface area contributed by atoms with Gasteiger partial charge in [-0.05, 0) is 31.0 Å². The van der Waals surface area contributed by atoms with Crippen LogP contribution in [0.4, 0.5) is 4.39 Å². The second kappa shape index (κ2) is 5.45. The molecule has 5 heteroatoms. The lowest BCUT2D eigenvalue weighted by molar-refractivity contribution is 0.386. The number of nitrogens with one attached hydrogen (secondary N) is 1. The summed E-state index contributed by atoms with van der Waals surface area (Å²) in [5.41, 5.74) is 1.80. The van der Waals surface area contributed by atoms with E-state index in [2.05, 4.69) is 9.97 Å². The predicted molar refractivity (Wildman–Crippen MR) is 75.6 cm³/mol. The number of nitrogens with zero attached hydrogens (tertiary/aromatic N) is 1. The zero-order valence-corrected chi connectivity index (χ0v) is 12.0. The quantitative estimate of drug-likeness (QED) is 0.937. The lowest BCUT2D eigenvalue weighted by atomic mass is 10.0. The second-order valence-corrected chi connectivity index (χ2v) is 4.92. The van der Waals surface area contributed by atoms with Crippen LogP contribution in [0.3, 0.4) is 0 Å². The normalized spacial score (nSPS) is 10.9. The van der Waals surface area contributed by atoms with Gasteiger partial charge in [-0.15, -0.1) is 0 Å². The predicted octanol–water partition coefficient (Wildman–Crippen LogP) is 3.02. The molecule has 0 aliphatic heterocycles. The van der Waals surface area contributed by atoms with Crippen LogP contribution in [0.25, 0.3) is 11.4 Å². The standard InChI is InChI=1S/C15H17FN2O2/c1-8(2)13-9(3)17-14(18-15(13)19)10-5-6-11(16)12(7-10)20-4/h5-8H,1-4H3,(H,17,18,19). The smallest absolute Gasteiger partial charge is 0.254 e. The first-order valence-corrected chi connectivity index (χ1v) is 6.38. The van der Waals surface area contributed by atoms with Gasteiger partial charge in [0.2, 0.25) is 0 Å². The molecule has 1 aromatic carbocycles. The molecule has 0 fully saturated rings. The fourth-order valence-corrected chi connectivity index (χ4v) is 2.22. The van der Waals surface area contributed by atoms with E-state index in [-0.39, 0.29) is 17.2 Å². The molecule has 106 valence electrons. The largest absolute Gasteiger partial charge is 0.494 e. The maximum absolute atomic E-state index is 13.4. The third kappa shape index (κ3) is 2.57. The van der Waals surface area contributed by atoms with Crippen molar-refractivity contribution < 1.29 is 9.13 Å². The molecule has 0 amide bonds. The van der Waals surface area contributed by atoms with Crippen LogP contribution in [0, 0.1) is 12.7 Å². The van der Waals surface area contributed by atoms with E-state index < -0.39 is 5.82 Å². The van der Waals surface area contributed by atoms with E-state index in [9.17, 15) is 9.18 Å².